The zero-order valence-electron chi connectivity index (χ0n) is 15.0. The summed E-state index contributed by atoms with van der Waals surface area (Å²) >= 11 is 1.58. The second kappa shape index (κ2) is 9.09. The lowest BCUT2D eigenvalue weighted by atomic mass is 10.2. The molecule has 0 unspecified atom stereocenters. The topological polar surface area (TPSA) is 68.3 Å². The highest BCUT2D eigenvalue weighted by atomic mass is 32.1. The molecule has 3 aromatic rings. The molecule has 0 saturated heterocycles. The monoisotopic (exact) mass is 380 g/mol. The van der Waals surface area contributed by atoms with Crippen molar-refractivity contribution in [1.82, 2.24) is 4.98 Å². The van der Waals surface area contributed by atoms with Crippen LogP contribution in [0, 0.1) is 0 Å². The van der Waals surface area contributed by atoms with Gasteiger partial charge in [-0.15, -0.1) is 11.3 Å². The normalized spacial score (nSPS) is 10.4. The zero-order chi connectivity index (χ0) is 19.1. The van der Waals surface area contributed by atoms with Gasteiger partial charge in [-0.2, -0.15) is 0 Å². The van der Waals surface area contributed by atoms with Crippen molar-refractivity contribution in [3.05, 3.63) is 71.2 Å². The fraction of sp³-hybridized carbons (Fsp3) is 0.190. The molecule has 0 radical (unpaired) electrons. The van der Waals surface area contributed by atoms with Gasteiger partial charge in [-0.1, -0.05) is 30.3 Å². The molecule has 0 aliphatic carbocycles. The molecule has 3 rings (SSSR count). The predicted octanol–water partition coefficient (Wildman–Crippen LogP) is 4.56. The standard InChI is InChI=1S/C21H20N2O3S/c1-2-26-21(25)16-8-10-17(11-9-16)22-19(24)13-12-18-14-27-20(23-18)15-6-4-3-5-7-15/h3-11,14H,2,12-13H2,1H3,(H,22,24). The third kappa shape index (κ3) is 5.24. The van der Waals surface area contributed by atoms with E-state index in [0.29, 0.717) is 30.7 Å². The molecule has 2 aromatic carbocycles. The summed E-state index contributed by atoms with van der Waals surface area (Å²) in [6, 6.07) is 16.7. The van der Waals surface area contributed by atoms with E-state index >= 15 is 0 Å². The van der Waals surface area contributed by atoms with E-state index in [4.69, 9.17) is 4.74 Å². The van der Waals surface area contributed by atoms with Gasteiger partial charge in [0, 0.05) is 23.1 Å². The minimum absolute atomic E-state index is 0.0897. The molecule has 0 spiro atoms. The summed E-state index contributed by atoms with van der Waals surface area (Å²) < 4.78 is 4.94. The number of anilines is 1. The van der Waals surface area contributed by atoms with Crippen molar-refractivity contribution < 1.29 is 14.3 Å². The maximum atomic E-state index is 12.2. The fourth-order valence-electron chi connectivity index (χ4n) is 2.50. The Kier molecular flexibility index (Phi) is 6.33. The van der Waals surface area contributed by atoms with Crippen molar-refractivity contribution in [2.75, 3.05) is 11.9 Å². The van der Waals surface area contributed by atoms with Crippen molar-refractivity contribution >= 4 is 28.9 Å². The first-order valence-corrected chi connectivity index (χ1v) is 9.60. The number of aromatic nitrogens is 1. The number of benzene rings is 2. The Labute approximate surface area is 162 Å². The number of rotatable bonds is 7. The van der Waals surface area contributed by atoms with Crippen LogP contribution in [0.25, 0.3) is 10.6 Å². The van der Waals surface area contributed by atoms with Crippen molar-refractivity contribution in [1.29, 1.82) is 0 Å². The molecule has 1 amide bonds. The summed E-state index contributed by atoms with van der Waals surface area (Å²) in [4.78, 5) is 28.4. The fourth-order valence-corrected chi connectivity index (χ4v) is 3.36. The number of nitrogens with one attached hydrogen (secondary N) is 1. The van der Waals surface area contributed by atoms with Gasteiger partial charge in [0.1, 0.15) is 5.01 Å². The Morgan fingerprint density at radius 3 is 2.52 bits per heavy atom. The molecule has 27 heavy (non-hydrogen) atoms. The molecule has 6 heteroatoms. The number of carbonyl (C=O) groups is 2. The molecule has 0 atom stereocenters. The van der Waals surface area contributed by atoms with Crippen LogP contribution in [0.5, 0.6) is 0 Å². The second-order valence-electron chi connectivity index (χ2n) is 5.86. The van der Waals surface area contributed by atoms with E-state index in [1.165, 1.54) is 0 Å². The molecule has 1 aromatic heterocycles. The summed E-state index contributed by atoms with van der Waals surface area (Å²) in [5.74, 6) is -0.457. The molecule has 0 aliphatic heterocycles. The van der Waals surface area contributed by atoms with Crippen LogP contribution in [0.4, 0.5) is 5.69 Å². The number of hydrogen-bond acceptors (Lipinski definition) is 5. The summed E-state index contributed by atoms with van der Waals surface area (Å²) in [5.41, 5.74) is 3.11. The minimum atomic E-state index is -0.367. The third-order valence-electron chi connectivity index (χ3n) is 3.86. The van der Waals surface area contributed by atoms with Gasteiger partial charge in [0.15, 0.2) is 0 Å². The van der Waals surface area contributed by atoms with Crippen molar-refractivity contribution in [2.45, 2.75) is 19.8 Å². The predicted molar refractivity (Wildman–Crippen MR) is 107 cm³/mol. The molecular formula is C21H20N2O3S. The Morgan fingerprint density at radius 2 is 1.81 bits per heavy atom. The highest BCUT2D eigenvalue weighted by Gasteiger charge is 2.09. The molecule has 0 aliphatic rings. The van der Waals surface area contributed by atoms with Gasteiger partial charge < -0.3 is 10.1 Å². The van der Waals surface area contributed by atoms with Crippen LogP contribution in [-0.2, 0) is 16.0 Å². The highest BCUT2D eigenvalue weighted by Crippen LogP contribution is 2.23. The molecular weight excluding hydrogens is 360 g/mol. The molecule has 1 N–H and O–H groups in total. The zero-order valence-corrected chi connectivity index (χ0v) is 15.8. The molecule has 138 valence electrons. The number of nitrogens with zero attached hydrogens (tertiary/aromatic N) is 1. The Morgan fingerprint density at radius 1 is 1.07 bits per heavy atom. The average Bonchev–Trinajstić information content (AvgIpc) is 3.17. The Bertz CT molecular complexity index is 905. The molecule has 1 heterocycles. The maximum absolute atomic E-state index is 12.2. The quantitative estimate of drug-likeness (QED) is 0.610. The van der Waals surface area contributed by atoms with Gasteiger partial charge in [0.05, 0.1) is 17.9 Å². The number of aryl methyl sites for hydroxylation is 1. The Hall–Kier alpha value is -2.99. The van der Waals surface area contributed by atoms with Crippen LogP contribution in [0.3, 0.4) is 0 Å². The van der Waals surface area contributed by atoms with Gasteiger partial charge in [0.2, 0.25) is 5.91 Å². The van der Waals surface area contributed by atoms with Crippen LogP contribution in [0.15, 0.2) is 60.0 Å². The lowest BCUT2D eigenvalue weighted by molar-refractivity contribution is -0.116. The first-order chi connectivity index (χ1) is 13.2. The molecule has 0 fully saturated rings. The first-order valence-electron chi connectivity index (χ1n) is 8.72. The summed E-state index contributed by atoms with van der Waals surface area (Å²) in [6.45, 7) is 2.09. The van der Waals surface area contributed by atoms with E-state index in [9.17, 15) is 9.59 Å². The summed E-state index contributed by atoms with van der Waals surface area (Å²) in [6.07, 6.45) is 0.924. The highest BCUT2D eigenvalue weighted by molar-refractivity contribution is 7.13. The number of amides is 1. The van der Waals surface area contributed by atoms with Crippen molar-refractivity contribution in [3.63, 3.8) is 0 Å². The van der Waals surface area contributed by atoms with Crippen LogP contribution in [0.2, 0.25) is 0 Å². The van der Waals surface area contributed by atoms with Crippen LogP contribution in [-0.4, -0.2) is 23.5 Å². The van der Waals surface area contributed by atoms with Gasteiger partial charge in [-0.3, -0.25) is 4.79 Å². The van der Waals surface area contributed by atoms with E-state index in [1.807, 2.05) is 35.7 Å². The third-order valence-corrected chi connectivity index (χ3v) is 4.80. The molecule has 0 saturated carbocycles. The molecule has 0 bridgehead atoms. The maximum Gasteiger partial charge on any atom is 0.338 e. The van der Waals surface area contributed by atoms with Gasteiger partial charge >= 0.3 is 5.97 Å². The van der Waals surface area contributed by atoms with E-state index < -0.39 is 0 Å². The lowest BCUT2D eigenvalue weighted by Crippen LogP contribution is -2.12. The van der Waals surface area contributed by atoms with E-state index in [1.54, 1.807) is 42.5 Å². The van der Waals surface area contributed by atoms with Crippen LogP contribution >= 0.6 is 11.3 Å². The van der Waals surface area contributed by atoms with Crippen LogP contribution < -0.4 is 5.32 Å². The van der Waals surface area contributed by atoms with Crippen molar-refractivity contribution in [2.24, 2.45) is 0 Å². The number of hydrogen-bond donors (Lipinski definition) is 1. The van der Waals surface area contributed by atoms with Crippen LogP contribution in [0.1, 0.15) is 29.4 Å². The number of esters is 1. The minimum Gasteiger partial charge on any atom is -0.462 e. The van der Waals surface area contributed by atoms with E-state index in [-0.39, 0.29) is 11.9 Å². The van der Waals surface area contributed by atoms with Gasteiger partial charge in [-0.25, -0.2) is 9.78 Å². The first kappa shape index (κ1) is 18.8. The summed E-state index contributed by atoms with van der Waals surface area (Å²) in [7, 11) is 0. The van der Waals surface area contributed by atoms with E-state index in [0.717, 1.165) is 16.3 Å². The molecule has 5 nitrogen and oxygen atoms in total. The lowest BCUT2D eigenvalue weighted by Gasteiger charge is -2.06. The Balaban J connectivity index is 1.51. The van der Waals surface area contributed by atoms with E-state index in [2.05, 4.69) is 10.3 Å². The second-order valence-corrected chi connectivity index (χ2v) is 6.71. The number of ether oxygens (including phenoxy) is 1. The SMILES string of the molecule is CCOC(=O)c1ccc(NC(=O)CCc2csc(-c3ccccc3)n2)cc1. The smallest absolute Gasteiger partial charge is 0.338 e. The largest absolute Gasteiger partial charge is 0.462 e. The number of carbonyl (C=O) groups excluding carboxylic acids is 2. The van der Waals surface area contributed by atoms with Gasteiger partial charge in [0.25, 0.3) is 0 Å². The van der Waals surface area contributed by atoms with Crippen molar-refractivity contribution in [3.8, 4) is 10.6 Å². The number of thiazole rings is 1. The average molecular weight is 380 g/mol. The summed E-state index contributed by atoms with van der Waals surface area (Å²) in [5, 5.41) is 5.78. The van der Waals surface area contributed by atoms with Gasteiger partial charge in [-0.05, 0) is 37.6 Å².